The van der Waals surface area contributed by atoms with E-state index in [2.05, 4.69) is 5.32 Å². The van der Waals surface area contributed by atoms with E-state index in [1.807, 2.05) is 48.5 Å². The molecule has 4 nitrogen and oxygen atoms in total. The van der Waals surface area contributed by atoms with Crippen LogP contribution >= 0.6 is 0 Å². The minimum Gasteiger partial charge on any atom is -0.497 e. The topological polar surface area (TPSA) is 47.6 Å². The van der Waals surface area contributed by atoms with Crippen LogP contribution in [0.3, 0.4) is 0 Å². The number of nitrogens with one attached hydrogen (secondary N) is 1. The average molecular weight is 271 g/mol. The fourth-order valence-corrected chi connectivity index (χ4v) is 1.90. The van der Waals surface area contributed by atoms with Crippen molar-refractivity contribution < 1.29 is 14.3 Å². The normalized spacial score (nSPS) is 11.5. The Morgan fingerprint density at radius 2 is 1.70 bits per heavy atom. The lowest BCUT2D eigenvalue weighted by molar-refractivity contribution is -0.108. The number of carbonyl (C=O) groups excluding carboxylic acids is 1. The van der Waals surface area contributed by atoms with Crippen LogP contribution < -0.4 is 14.8 Å². The highest BCUT2D eigenvalue weighted by molar-refractivity contribution is 5.68. The molecule has 0 radical (unpaired) electrons. The molecule has 2 aromatic carbocycles. The van der Waals surface area contributed by atoms with Gasteiger partial charge in [-0.05, 0) is 42.0 Å². The summed E-state index contributed by atoms with van der Waals surface area (Å²) in [4.78, 5) is 11.3. The summed E-state index contributed by atoms with van der Waals surface area (Å²) >= 11 is 0. The van der Waals surface area contributed by atoms with Crippen molar-refractivity contribution in [3.8, 4) is 11.5 Å². The first-order chi connectivity index (χ1) is 9.76. The molecular weight excluding hydrogens is 254 g/mol. The highest BCUT2D eigenvalue weighted by Gasteiger charge is 2.11. The summed E-state index contributed by atoms with van der Waals surface area (Å²) in [5.41, 5.74) is 1.71. The van der Waals surface area contributed by atoms with Crippen LogP contribution in [0.15, 0.2) is 48.5 Å². The molecule has 2 aromatic rings. The summed E-state index contributed by atoms with van der Waals surface area (Å²) in [6, 6.07) is 14.4. The molecule has 0 heterocycles. The molecular formula is C16H17NO3. The van der Waals surface area contributed by atoms with Crippen LogP contribution in [0.5, 0.6) is 11.5 Å². The summed E-state index contributed by atoms with van der Waals surface area (Å²) in [5.74, 6) is 1.51. The number of aldehydes is 1. The van der Waals surface area contributed by atoms with E-state index in [1.54, 1.807) is 14.2 Å². The summed E-state index contributed by atoms with van der Waals surface area (Å²) in [7, 11) is 3.22. The fraction of sp³-hybridized carbons (Fsp3) is 0.188. The van der Waals surface area contributed by atoms with Gasteiger partial charge in [-0.3, -0.25) is 0 Å². The van der Waals surface area contributed by atoms with Crippen molar-refractivity contribution in [1.29, 1.82) is 0 Å². The van der Waals surface area contributed by atoms with Crippen LogP contribution in [-0.4, -0.2) is 20.5 Å². The second-order valence-electron chi connectivity index (χ2n) is 4.26. The van der Waals surface area contributed by atoms with Crippen LogP contribution in [0.4, 0.5) is 5.69 Å². The zero-order valence-electron chi connectivity index (χ0n) is 11.5. The molecule has 0 aromatic heterocycles. The van der Waals surface area contributed by atoms with Gasteiger partial charge in [0.2, 0.25) is 0 Å². The average Bonchev–Trinajstić information content (AvgIpc) is 2.53. The number of hydrogen-bond acceptors (Lipinski definition) is 4. The molecule has 0 saturated carbocycles. The zero-order valence-corrected chi connectivity index (χ0v) is 11.5. The Labute approximate surface area is 118 Å². The molecule has 1 atom stereocenters. The molecule has 0 bridgehead atoms. The fourth-order valence-electron chi connectivity index (χ4n) is 1.90. The van der Waals surface area contributed by atoms with Crippen molar-refractivity contribution in [1.82, 2.24) is 0 Å². The van der Waals surface area contributed by atoms with Gasteiger partial charge < -0.3 is 19.6 Å². The molecule has 104 valence electrons. The van der Waals surface area contributed by atoms with Gasteiger partial charge in [0.25, 0.3) is 0 Å². The van der Waals surface area contributed by atoms with E-state index in [9.17, 15) is 4.79 Å². The number of hydrogen-bond donors (Lipinski definition) is 1. The van der Waals surface area contributed by atoms with E-state index in [-0.39, 0.29) is 0 Å². The quantitative estimate of drug-likeness (QED) is 0.820. The number of carbonyl (C=O) groups is 1. The monoisotopic (exact) mass is 271 g/mol. The van der Waals surface area contributed by atoms with Gasteiger partial charge in [0.15, 0.2) is 0 Å². The van der Waals surface area contributed by atoms with Gasteiger partial charge >= 0.3 is 0 Å². The van der Waals surface area contributed by atoms with Crippen LogP contribution in [0.25, 0.3) is 0 Å². The van der Waals surface area contributed by atoms with Gasteiger partial charge in [-0.2, -0.15) is 0 Å². The van der Waals surface area contributed by atoms with Crippen molar-refractivity contribution in [2.45, 2.75) is 6.04 Å². The van der Waals surface area contributed by atoms with Gasteiger partial charge in [0, 0.05) is 5.69 Å². The first kappa shape index (κ1) is 13.9. The molecule has 2 rings (SSSR count). The Hall–Kier alpha value is -2.49. The van der Waals surface area contributed by atoms with Gasteiger partial charge in [-0.1, -0.05) is 12.1 Å². The minimum atomic E-state index is -0.418. The predicted octanol–water partition coefficient (Wildman–Crippen LogP) is 3.06. The highest BCUT2D eigenvalue weighted by Crippen LogP contribution is 2.23. The predicted molar refractivity (Wildman–Crippen MR) is 78.4 cm³/mol. The van der Waals surface area contributed by atoms with Crippen molar-refractivity contribution in [2.24, 2.45) is 0 Å². The third kappa shape index (κ3) is 3.29. The lowest BCUT2D eigenvalue weighted by Crippen LogP contribution is -2.12. The van der Waals surface area contributed by atoms with Gasteiger partial charge in [0.1, 0.15) is 23.8 Å². The lowest BCUT2D eigenvalue weighted by atomic mass is 10.1. The maximum Gasteiger partial charge on any atom is 0.146 e. The largest absolute Gasteiger partial charge is 0.497 e. The number of methoxy groups -OCH3 is 2. The van der Waals surface area contributed by atoms with Gasteiger partial charge in [-0.25, -0.2) is 0 Å². The van der Waals surface area contributed by atoms with E-state index in [0.29, 0.717) is 0 Å². The molecule has 0 aliphatic carbocycles. The Morgan fingerprint density at radius 1 is 1.00 bits per heavy atom. The Bertz CT molecular complexity index is 566. The van der Waals surface area contributed by atoms with Crippen LogP contribution in [0.1, 0.15) is 11.6 Å². The molecule has 0 saturated heterocycles. The second-order valence-corrected chi connectivity index (χ2v) is 4.26. The third-order valence-corrected chi connectivity index (χ3v) is 3.00. The van der Waals surface area contributed by atoms with Gasteiger partial charge in [-0.15, -0.1) is 0 Å². The van der Waals surface area contributed by atoms with Crippen molar-refractivity contribution in [3.05, 3.63) is 54.1 Å². The van der Waals surface area contributed by atoms with E-state index < -0.39 is 6.04 Å². The molecule has 0 aliphatic rings. The number of anilines is 1. The second kappa shape index (κ2) is 6.61. The van der Waals surface area contributed by atoms with Crippen LogP contribution in [0.2, 0.25) is 0 Å². The number of ether oxygens (including phenoxy) is 2. The maximum atomic E-state index is 11.3. The van der Waals surface area contributed by atoms with E-state index in [1.165, 1.54) is 0 Å². The first-order valence-corrected chi connectivity index (χ1v) is 6.26. The third-order valence-electron chi connectivity index (χ3n) is 3.00. The molecule has 0 aliphatic heterocycles. The Morgan fingerprint density at radius 3 is 2.30 bits per heavy atom. The van der Waals surface area contributed by atoms with Crippen molar-refractivity contribution in [2.75, 3.05) is 19.5 Å². The summed E-state index contributed by atoms with van der Waals surface area (Å²) in [5, 5.41) is 3.17. The van der Waals surface area contributed by atoms with Crippen LogP contribution in [-0.2, 0) is 4.79 Å². The molecule has 0 fully saturated rings. The molecule has 20 heavy (non-hydrogen) atoms. The molecule has 0 spiro atoms. The summed E-state index contributed by atoms with van der Waals surface area (Å²) < 4.78 is 10.3. The van der Waals surface area contributed by atoms with Crippen LogP contribution in [0, 0.1) is 0 Å². The summed E-state index contributed by atoms with van der Waals surface area (Å²) in [6.45, 7) is 0. The molecule has 1 N–H and O–H groups in total. The SMILES string of the molecule is COc1ccc(NC(C=O)c2cccc(OC)c2)cc1. The van der Waals surface area contributed by atoms with E-state index in [0.717, 1.165) is 29.0 Å². The smallest absolute Gasteiger partial charge is 0.146 e. The van der Waals surface area contributed by atoms with Crippen molar-refractivity contribution >= 4 is 12.0 Å². The first-order valence-electron chi connectivity index (χ1n) is 6.26. The van der Waals surface area contributed by atoms with E-state index >= 15 is 0 Å². The molecule has 4 heteroatoms. The standard InChI is InChI=1S/C16H17NO3/c1-19-14-8-6-13(7-9-14)17-16(11-18)12-4-3-5-15(10-12)20-2/h3-11,16-17H,1-2H3. The molecule has 0 amide bonds. The maximum absolute atomic E-state index is 11.3. The Balaban J connectivity index is 2.16. The highest BCUT2D eigenvalue weighted by atomic mass is 16.5. The van der Waals surface area contributed by atoms with Crippen molar-refractivity contribution in [3.63, 3.8) is 0 Å². The number of rotatable bonds is 6. The van der Waals surface area contributed by atoms with E-state index in [4.69, 9.17) is 9.47 Å². The minimum absolute atomic E-state index is 0.418. The lowest BCUT2D eigenvalue weighted by Gasteiger charge is -2.15. The van der Waals surface area contributed by atoms with Gasteiger partial charge in [0.05, 0.1) is 14.2 Å². The number of benzene rings is 2. The Kier molecular flexibility index (Phi) is 4.60. The molecule has 1 unspecified atom stereocenters. The summed E-state index contributed by atoms with van der Waals surface area (Å²) in [6.07, 6.45) is 0.874. The zero-order chi connectivity index (χ0) is 14.4.